The van der Waals surface area contributed by atoms with Crippen molar-refractivity contribution in [1.82, 2.24) is 9.97 Å². The molecule has 2 aromatic heterocycles. The number of pyridine rings is 1. The Labute approximate surface area is 145 Å². The fraction of sp³-hybridized carbons (Fsp3) is 0.150. The molecule has 0 aliphatic carbocycles. The quantitative estimate of drug-likeness (QED) is 0.511. The van der Waals surface area contributed by atoms with Gasteiger partial charge in [-0.25, -0.2) is 0 Å². The SMILES string of the molecule is CC.COc1cccc(-c2c(N)c(=O)[nH]c3c2[nH]c2ccccc23)c1. The molecule has 0 radical (unpaired) electrons. The van der Waals surface area contributed by atoms with Gasteiger partial charge in [0.05, 0.1) is 18.1 Å². The number of hydrogen-bond acceptors (Lipinski definition) is 3. The van der Waals surface area contributed by atoms with E-state index in [1.165, 1.54) is 0 Å². The number of hydrogen-bond donors (Lipinski definition) is 3. The van der Waals surface area contributed by atoms with Gasteiger partial charge in [-0.3, -0.25) is 4.79 Å². The standard InChI is InChI=1S/C18H15N3O2.C2H6/c1-23-11-6-4-5-10(9-11)14-15(19)18(22)21-16-12-7-2-3-8-13(12)20-17(14)16;1-2/h2-9,20H,19H2,1H3,(H,21,22);1-2H3. The molecule has 5 heteroatoms. The molecule has 4 N–H and O–H groups in total. The van der Waals surface area contributed by atoms with Crippen molar-refractivity contribution in [1.29, 1.82) is 0 Å². The van der Waals surface area contributed by atoms with Gasteiger partial charge in [0.25, 0.3) is 5.56 Å². The third-order valence-corrected chi connectivity index (χ3v) is 4.07. The summed E-state index contributed by atoms with van der Waals surface area (Å²) in [5.41, 5.74) is 10.1. The van der Waals surface area contributed by atoms with Gasteiger partial charge >= 0.3 is 0 Å². The van der Waals surface area contributed by atoms with Crippen LogP contribution >= 0.6 is 0 Å². The minimum Gasteiger partial charge on any atom is -0.497 e. The number of nitrogen functional groups attached to an aromatic ring is 1. The molecule has 0 bridgehead atoms. The Hall–Kier alpha value is -3.21. The summed E-state index contributed by atoms with van der Waals surface area (Å²) in [5.74, 6) is 0.714. The number of nitrogens with two attached hydrogens (primary N) is 1. The fourth-order valence-electron chi connectivity index (χ4n) is 2.97. The van der Waals surface area contributed by atoms with Gasteiger partial charge in [-0.2, -0.15) is 0 Å². The van der Waals surface area contributed by atoms with E-state index >= 15 is 0 Å². The number of benzene rings is 2. The second-order valence-electron chi connectivity index (χ2n) is 5.40. The van der Waals surface area contributed by atoms with Gasteiger partial charge in [-0.15, -0.1) is 0 Å². The van der Waals surface area contributed by atoms with Gasteiger partial charge < -0.3 is 20.4 Å². The number of fused-ring (bicyclic) bond motifs is 3. The van der Waals surface area contributed by atoms with Crippen LogP contribution < -0.4 is 16.0 Å². The van der Waals surface area contributed by atoms with Gasteiger partial charge in [-0.1, -0.05) is 44.2 Å². The van der Waals surface area contributed by atoms with Crippen molar-refractivity contribution < 1.29 is 4.74 Å². The smallest absolute Gasteiger partial charge is 0.272 e. The topological polar surface area (TPSA) is 83.9 Å². The molecule has 0 unspecified atom stereocenters. The molecule has 4 aromatic rings. The molecule has 2 heterocycles. The predicted molar refractivity (Wildman–Crippen MR) is 104 cm³/mol. The molecule has 0 amide bonds. The molecule has 5 nitrogen and oxygen atoms in total. The van der Waals surface area contributed by atoms with E-state index in [4.69, 9.17) is 10.5 Å². The zero-order valence-corrected chi connectivity index (χ0v) is 14.5. The van der Waals surface area contributed by atoms with Crippen LogP contribution in [0.2, 0.25) is 0 Å². The highest BCUT2D eigenvalue weighted by molar-refractivity contribution is 6.11. The predicted octanol–water partition coefficient (Wildman–Crippen LogP) is 4.29. The van der Waals surface area contributed by atoms with Crippen LogP contribution in [-0.2, 0) is 0 Å². The molecule has 0 saturated heterocycles. The van der Waals surface area contributed by atoms with Crippen LogP contribution in [-0.4, -0.2) is 17.1 Å². The number of rotatable bonds is 2. The largest absolute Gasteiger partial charge is 0.497 e. The van der Waals surface area contributed by atoms with Crippen molar-refractivity contribution in [2.75, 3.05) is 12.8 Å². The van der Waals surface area contributed by atoms with Gasteiger partial charge in [0.15, 0.2) is 0 Å². The van der Waals surface area contributed by atoms with E-state index in [0.717, 1.165) is 27.5 Å². The lowest BCUT2D eigenvalue weighted by Crippen LogP contribution is -2.13. The molecule has 0 aliphatic rings. The minimum absolute atomic E-state index is 0.192. The Balaban J connectivity index is 0.000000880. The highest BCUT2D eigenvalue weighted by atomic mass is 16.5. The Kier molecular flexibility index (Phi) is 4.48. The maximum absolute atomic E-state index is 12.3. The summed E-state index contributed by atoms with van der Waals surface area (Å²) in [4.78, 5) is 18.5. The molecule has 0 aliphatic heterocycles. The summed E-state index contributed by atoms with van der Waals surface area (Å²) < 4.78 is 5.28. The van der Waals surface area contributed by atoms with E-state index in [1.807, 2.05) is 62.4 Å². The van der Waals surface area contributed by atoms with E-state index in [0.29, 0.717) is 11.3 Å². The number of nitrogens with one attached hydrogen (secondary N) is 2. The third kappa shape index (κ3) is 2.74. The van der Waals surface area contributed by atoms with Gasteiger partial charge in [0, 0.05) is 16.5 Å². The maximum Gasteiger partial charge on any atom is 0.272 e. The normalized spacial score (nSPS) is 10.5. The van der Waals surface area contributed by atoms with Crippen LogP contribution in [0.15, 0.2) is 53.3 Å². The first-order valence-electron chi connectivity index (χ1n) is 8.25. The van der Waals surface area contributed by atoms with E-state index < -0.39 is 0 Å². The lowest BCUT2D eigenvalue weighted by molar-refractivity contribution is 0.415. The second-order valence-corrected chi connectivity index (χ2v) is 5.40. The Morgan fingerprint density at radius 2 is 1.72 bits per heavy atom. The van der Waals surface area contributed by atoms with Gasteiger partial charge in [-0.05, 0) is 23.8 Å². The van der Waals surface area contributed by atoms with E-state index in [2.05, 4.69) is 9.97 Å². The number of para-hydroxylation sites is 1. The van der Waals surface area contributed by atoms with Crippen LogP contribution in [0.25, 0.3) is 33.1 Å². The summed E-state index contributed by atoms with van der Waals surface area (Å²) in [6.07, 6.45) is 0. The Morgan fingerprint density at radius 1 is 0.960 bits per heavy atom. The number of methoxy groups -OCH3 is 1. The lowest BCUT2D eigenvalue weighted by atomic mass is 10.0. The minimum atomic E-state index is -0.292. The average molecular weight is 335 g/mol. The number of aromatic amines is 2. The first-order valence-corrected chi connectivity index (χ1v) is 8.25. The third-order valence-electron chi connectivity index (χ3n) is 4.07. The molecule has 2 aromatic carbocycles. The van der Waals surface area contributed by atoms with E-state index in [1.54, 1.807) is 7.11 Å². The number of aromatic nitrogens is 2. The zero-order chi connectivity index (χ0) is 18.0. The Bertz CT molecular complexity index is 1090. The average Bonchev–Trinajstić information content (AvgIpc) is 3.02. The first kappa shape index (κ1) is 16.6. The molecule has 0 fully saturated rings. The number of anilines is 1. The maximum atomic E-state index is 12.3. The number of ether oxygens (including phenoxy) is 1. The zero-order valence-electron chi connectivity index (χ0n) is 14.5. The van der Waals surface area contributed by atoms with Gasteiger partial charge in [0.1, 0.15) is 11.4 Å². The van der Waals surface area contributed by atoms with E-state index in [-0.39, 0.29) is 11.2 Å². The molecule has 0 saturated carbocycles. The highest BCUT2D eigenvalue weighted by Gasteiger charge is 2.16. The summed E-state index contributed by atoms with van der Waals surface area (Å²) in [7, 11) is 1.61. The highest BCUT2D eigenvalue weighted by Crippen LogP contribution is 2.35. The summed E-state index contributed by atoms with van der Waals surface area (Å²) in [6.45, 7) is 4.00. The van der Waals surface area contributed by atoms with Crippen molar-refractivity contribution in [3.05, 3.63) is 58.9 Å². The van der Waals surface area contributed by atoms with Crippen LogP contribution in [0, 0.1) is 0 Å². The molecule has 128 valence electrons. The fourth-order valence-corrected chi connectivity index (χ4v) is 2.97. The monoisotopic (exact) mass is 335 g/mol. The van der Waals surface area contributed by atoms with Crippen LogP contribution in [0.4, 0.5) is 5.69 Å². The van der Waals surface area contributed by atoms with Crippen LogP contribution in [0.3, 0.4) is 0 Å². The Morgan fingerprint density at radius 3 is 2.48 bits per heavy atom. The summed E-state index contributed by atoms with van der Waals surface area (Å²) >= 11 is 0. The first-order chi connectivity index (χ1) is 12.2. The molecule has 4 rings (SSSR count). The molecule has 0 atom stereocenters. The van der Waals surface area contributed by atoms with Crippen molar-refractivity contribution in [3.63, 3.8) is 0 Å². The van der Waals surface area contributed by atoms with Gasteiger partial charge in [0.2, 0.25) is 0 Å². The molecule has 0 spiro atoms. The summed E-state index contributed by atoms with van der Waals surface area (Å²) in [6, 6.07) is 15.3. The molecular weight excluding hydrogens is 314 g/mol. The van der Waals surface area contributed by atoms with Crippen LogP contribution in [0.1, 0.15) is 13.8 Å². The van der Waals surface area contributed by atoms with Crippen molar-refractivity contribution in [3.8, 4) is 16.9 Å². The molecular formula is C20H21N3O2. The second kappa shape index (κ2) is 6.73. The number of H-pyrrole nitrogens is 2. The molecule has 25 heavy (non-hydrogen) atoms. The van der Waals surface area contributed by atoms with Crippen molar-refractivity contribution in [2.45, 2.75) is 13.8 Å². The van der Waals surface area contributed by atoms with Crippen LogP contribution in [0.5, 0.6) is 5.75 Å². The van der Waals surface area contributed by atoms with Crippen molar-refractivity contribution >= 4 is 27.6 Å². The van der Waals surface area contributed by atoms with E-state index in [9.17, 15) is 4.79 Å². The summed E-state index contributed by atoms with van der Waals surface area (Å²) in [5, 5.41) is 0.962. The lowest BCUT2D eigenvalue weighted by Gasteiger charge is -2.09. The van der Waals surface area contributed by atoms with Crippen molar-refractivity contribution in [2.24, 2.45) is 0 Å².